The Labute approximate surface area is 135 Å². The third-order valence-corrected chi connectivity index (χ3v) is 3.16. The van der Waals surface area contributed by atoms with Crippen LogP contribution in [0.1, 0.15) is 21.7 Å². The van der Waals surface area contributed by atoms with Gasteiger partial charge in [0.1, 0.15) is 18.2 Å². The summed E-state index contributed by atoms with van der Waals surface area (Å²) < 4.78 is 11.2. The Kier molecular flexibility index (Phi) is 3.94. The van der Waals surface area contributed by atoms with Crippen molar-refractivity contribution in [3.63, 3.8) is 0 Å². The first-order valence-electron chi connectivity index (χ1n) is 6.80. The first-order chi connectivity index (χ1) is 11.6. The van der Waals surface area contributed by atoms with Crippen LogP contribution in [0.5, 0.6) is 5.88 Å². The highest BCUT2D eigenvalue weighted by molar-refractivity contribution is 5.87. The number of esters is 1. The van der Waals surface area contributed by atoms with Crippen LogP contribution in [-0.4, -0.2) is 32.7 Å². The van der Waals surface area contributed by atoms with E-state index in [1.54, 1.807) is 12.1 Å². The lowest BCUT2D eigenvalue weighted by Gasteiger charge is -2.05. The first-order valence-corrected chi connectivity index (χ1v) is 6.80. The summed E-state index contributed by atoms with van der Waals surface area (Å²) in [5.74, 6) is -0.390. The number of fused-ring (bicyclic) bond motifs is 1. The second-order valence-corrected chi connectivity index (χ2v) is 4.68. The maximum absolute atomic E-state index is 12.0. The van der Waals surface area contributed by atoms with Gasteiger partial charge in [-0.1, -0.05) is 6.07 Å². The molecule has 0 spiro atoms. The summed E-state index contributed by atoms with van der Waals surface area (Å²) in [5, 5.41) is 11.6. The lowest BCUT2D eigenvalue weighted by atomic mass is 10.3. The van der Waals surface area contributed by atoms with E-state index in [2.05, 4.69) is 15.1 Å². The van der Waals surface area contributed by atoms with Crippen LogP contribution in [0.4, 0.5) is 0 Å². The fraction of sp³-hybridized carbons (Fsp3) is 0.133. The van der Waals surface area contributed by atoms with E-state index in [0.717, 1.165) is 4.52 Å². The minimum absolute atomic E-state index is 0.0755. The van der Waals surface area contributed by atoms with Crippen molar-refractivity contribution < 1.29 is 14.3 Å². The Morgan fingerprint density at radius 3 is 3.00 bits per heavy atom. The van der Waals surface area contributed by atoms with Gasteiger partial charge in [-0.2, -0.15) is 5.26 Å². The molecule has 120 valence electrons. The average Bonchev–Trinajstić information content (AvgIpc) is 3.03. The highest BCUT2D eigenvalue weighted by atomic mass is 16.5. The molecule has 3 aromatic heterocycles. The summed E-state index contributed by atoms with van der Waals surface area (Å²) in [7, 11) is 1.44. The Bertz CT molecular complexity index is 1010. The fourth-order valence-electron chi connectivity index (χ4n) is 2.04. The molecular weight excluding hydrogens is 314 g/mol. The van der Waals surface area contributed by atoms with Crippen LogP contribution in [0.2, 0.25) is 0 Å². The SMILES string of the molecule is COc1cccc(C(=O)OCc2cc(=O)n3[nH]cc(C#N)c3n2)n1. The maximum Gasteiger partial charge on any atom is 0.357 e. The van der Waals surface area contributed by atoms with Crippen molar-refractivity contribution in [3.8, 4) is 11.9 Å². The summed E-state index contributed by atoms with van der Waals surface area (Å²) in [5.41, 5.74) is 0.288. The van der Waals surface area contributed by atoms with E-state index >= 15 is 0 Å². The van der Waals surface area contributed by atoms with Crippen LogP contribution in [0.15, 0.2) is 35.3 Å². The third kappa shape index (κ3) is 2.80. The van der Waals surface area contributed by atoms with Gasteiger partial charge in [0, 0.05) is 18.3 Å². The number of carbonyl (C=O) groups excluding carboxylic acids is 1. The van der Waals surface area contributed by atoms with Crippen molar-refractivity contribution >= 4 is 11.6 Å². The molecule has 9 nitrogen and oxygen atoms in total. The Morgan fingerprint density at radius 1 is 1.42 bits per heavy atom. The number of methoxy groups -OCH3 is 1. The summed E-state index contributed by atoms with van der Waals surface area (Å²) >= 11 is 0. The largest absolute Gasteiger partial charge is 0.481 e. The molecule has 0 aliphatic carbocycles. The molecule has 0 aliphatic rings. The normalized spacial score (nSPS) is 10.3. The van der Waals surface area contributed by atoms with E-state index in [0.29, 0.717) is 0 Å². The molecule has 24 heavy (non-hydrogen) atoms. The smallest absolute Gasteiger partial charge is 0.357 e. The van der Waals surface area contributed by atoms with Gasteiger partial charge in [0.25, 0.3) is 5.56 Å². The second kappa shape index (κ2) is 6.21. The monoisotopic (exact) mass is 325 g/mol. The van der Waals surface area contributed by atoms with E-state index in [1.165, 1.54) is 25.4 Å². The number of hydrogen-bond donors (Lipinski definition) is 1. The lowest BCUT2D eigenvalue weighted by Crippen LogP contribution is -2.17. The molecule has 3 aromatic rings. The van der Waals surface area contributed by atoms with Crippen molar-refractivity contribution in [1.29, 1.82) is 5.26 Å². The number of hydrogen-bond acceptors (Lipinski definition) is 7. The highest BCUT2D eigenvalue weighted by Gasteiger charge is 2.13. The number of rotatable bonds is 4. The molecule has 0 saturated carbocycles. The zero-order valence-corrected chi connectivity index (χ0v) is 12.5. The van der Waals surface area contributed by atoms with E-state index in [-0.39, 0.29) is 35.1 Å². The van der Waals surface area contributed by atoms with E-state index in [4.69, 9.17) is 14.7 Å². The quantitative estimate of drug-likeness (QED) is 0.699. The van der Waals surface area contributed by atoms with Crippen LogP contribution in [0.3, 0.4) is 0 Å². The molecule has 0 aliphatic heterocycles. The fourth-order valence-corrected chi connectivity index (χ4v) is 2.04. The van der Waals surface area contributed by atoms with Crippen molar-refractivity contribution in [1.82, 2.24) is 19.6 Å². The third-order valence-electron chi connectivity index (χ3n) is 3.16. The predicted octanol–water partition coefficient (Wildman–Crippen LogP) is 0.655. The Morgan fingerprint density at radius 2 is 2.25 bits per heavy atom. The van der Waals surface area contributed by atoms with Gasteiger partial charge in [-0.3, -0.25) is 9.89 Å². The number of nitriles is 1. The maximum atomic E-state index is 12.0. The molecule has 9 heteroatoms. The molecular formula is C15H11N5O4. The van der Waals surface area contributed by atoms with Crippen molar-refractivity contribution in [2.75, 3.05) is 7.11 Å². The molecule has 1 N–H and O–H groups in total. The molecule has 0 radical (unpaired) electrons. The van der Waals surface area contributed by atoms with Crippen molar-refractivity contribution in [2.45, 2.75) is 6.61 Å². The van der Waals surface area contributed by atoms with Crippen LogP contribution in [-0.2, 0) is 11.3 Å². The van der Waals surface area contributed by atoms with Crippen LogP contribution >= 0.6 is 0 Å². The molecule has 3 heterocycles. The molecule has 0 fully saturated rings. The number of nitrogens with one attached hydrogen (secondary N) is 1. The average molecular weight is 325 g/mol. The first kappa shape index (κ1) is 15.2. The van der Waals surface area contributed by atoms with E-state index in [1.807, 2.05) is 6.07 Å². The van der Waals surface area contributed by atoms with Crippen LogP contribution < -0.4 is 10.3 Å². The predicted molar refractivity (Wildman–Crippen MR) is 80.4 cm³/mol. The van der Waals surface area contributed by atoms with E-state index in [9.17, 15) is 9.59 Å². The van der Waals surface area contributed by atoms with Gasteiger partial charge in [0.2, 0.25) is 5.88 Å². The highest BCUT2D eigenvalue weighted by Crippen LogP contribution is 2.09. The molecule has 0 atom stereocenters. The number of nitrogens with zero attached hydrogens (tertiary/aromatic N) is 4. The van der Waals surface area contributed by atoms with Crippen molar-refractivity contribution in [3.05, 3.63) is 57.8 Å². The topological polar surface area (TPSA) is 122 Å². The summed E-state index contributed by atoms with van der Waals surface area (Å²) in [6.07, 6.45) is 1.37. The van der Waals surface area contributed by atoms with Gasteiger partial charge >= 0.3 is 5.97 Å². The minimum atomic E-state index is -0.675. The van der Waals surface area contributed by atoms with Crippen molar-refractivity contribution in [2.24, 2.45) is 0 Å². The van der Waals surface area contributed by atoms with Gasteiger partial charge in [0.05, 0.1) is 12.8 Å². The zero-order valence-electron chi connectivity index (χ0n) is 12.5. The number of H-pyrrole nitrogens is 1. The number of pyridine rings is 1. The van der Waals surface area contributed by atoms with E-state index < -0.39 is 11.5 Å². The second-order valence-electron chi connectivity index (χ2n) is 4.68. The minimum Gasteiger partial charge on any atom is -0.481 e. The summed E-state index contributed by atoms with van der Waals surface area (Å²) in [6.45, 7) is -0.223. The summed E-state index contributed by atoms with van der Waals surface area (Å²) in [6, 6.07) is 7.83. The molecule has 0 amide bonds. The molecule has 0 aromatic carbocycles. The van der Waals surface area contributed by atoms with Crippen LogP contribution in [0, 0.1) is 11.3 Å². The van der Waals surface area contributed by atoms with Gasteiger partial charge < -0.3 is 9.47 Å². The summed E-state index contributed by atoms with van der Waals surface area (Å²) in [4.78, 5) is 32.0. The molecule has 3 rings (SSSR count). The van der Waals surface area contributed by atoms with Gasteiger partial charge in [-0.25, -0.2) is 19.3 Å². The zero-order chi connectivity index (χ0) is 17.1. The standard InChI is InChI=1S/C15H11N5O4/c1-23-12-4-2-3-11(19-12)15(22)24-8-10-5-13(21)20-14(18-10)9(6-16)7-17-20/h2-5,7,17H,8H2,1H3. The van der Waals surface area contributed by atoms with Crippen LogP contribution in [0.25, 0.3) is 5.65 Å². The molecule has 0 saturated heterocycles. The Balaban J connectivity index is 1.81. The van der Waals surface area contributed by atoms with Gasteiger partial charge in [0.15, 0.2) is 11.3 Å². The molecule has 0 unspecified atom stereocenters. The Hall–Kier alpha value is -3.67. The lowest BCUT2D eigenvalue weighted by molar-refractivity contribution is 0.0459. The number of carbonyl (C=O) groups is 1. The number of aromatic nitrogens is 4. The molecule has 0 bridgehead atoms. The number of ether oxygens (including phenoxy) is 2. The van der Waals surface area contributed by atoms with Gasteiger partial charge in [-0.05, 0) is 6.07 Å². The number of aromatic amines is 1. The van der Waals surface area contributed by atoms with Gasteiger partial charge in [-0.15, -0.1) is 0 Å².